The first-order valence-corrected chi connectivity index (χ1v) is 1.33. The van der Waals surface area contributed by atoms with Crippen LogP contribution in [0.3, 0.4) is 0 Å². The average molecular weight is 73.1 g/mol. The fourth-order valence-electron chi connectivity index (χ4n) is 0. The normalized spacial score (nSPS) is 5.00. The number of nitrogens with one attached hydrogen (secondary N) is 1. The van der Waals surface area contributed by atoms with Crippen LogP contribution in [0.5, 0.6) is 0 Å². The van der Waals surface area contributed by atoms with Gasteiger partial charge in [-0.15, -0.1) is 0 Å². The van der Waals surface area contributed by atoms with Crippen molar-refractivity contribution in [2.24, 2.45) is 0 Å². The maximum absolute atomic E-state index is 6.17. The van der Waals surface area contributed by atoms with Gasteiger partial charge in [0.15, 0.2) is 0 Å². The van der Waals surface area contributed by atoms with Gasteiger partial charge in [0, 0.05) is 11.6 Å². The van der Waals surface area contributed by atoms with Crippen LogP contribution in [0.15, 0.2) is 0 Å². The molecule has 0 spiro atoms. The third-order valence-electron chi connectivity index (χ3n) is 0.0680. The van der Waals surface area contributed by atoms with Crippen molar-refractivity contribution in [3.63, 3.8) is 0 Å². The molecule has 0 aliphatic heterocycles. The summed E-state index contributed by atoms with van der Waals surface area (Å²) in [6.45, 7) is 0. The van der Waals surface area contributed by atoms with Crippen LogP contribution in [0.4, 0.5) is 0 Å². The molecule has 22 valence electrons. The minimum absolute atomic E-state index is 1.06. The fraction of sp³-hybridized carbons (Fsp3) is 0. The number of hydrogen-bond acceptors (Lipinski definition) is 2. The van der Waals surface area contributed by atoms with Crippen molar-refractivity contribution < 1.29 is 0 Å². The lowest BCUT2D eigenvalue weighted by Gasteiger charge is -1.40. The standard InChI is InChI=1S/C2H3NS/c3-1-2-4/h1-3H. The van der Waals surface area contributed by atoms with Gasteiger partial charge in [0.25, 0.3) is 0 Å². The van der Waals surface area contributed by atoms with Gasteiger partial charge in [0.1, 0.15) is 0 Å². The monoisotopic (exact) mass is 73.0 g/mol. The molecule has 0 aromatic rings. The fourth-order valence-corrected chi connectivity index (χ4v) is 0. The summed E-state index contributed by atoms with van der Waals surface area (Å²) in [7, 11) is 0. The van der Waals surface area contributed by atoms with Gasteiger partial charge >= 0.3 is 0 Å². The van der Waals surface area contributed by atoms with Crippen molar-refractivity contribution in [1.82, 2.24) is 0 Å². The molecule has 0 amide bonds. The second kappa shape index (κ2) is 2.76. The molecule has 4 heavy (non-hydrogen) atoms. The van der Waals surface area contributed by atoms with E-state index in [4.69, 9.17) is 5.41 Å². The molecule has 0 saturated carbocycles. The molecule has 0 aliphatic carbocycles. The van der Waals surface area contributed by atoms with E-state index in [9.17, 15) is 0 Å². The maximum atomic E-state index is 6.17. The number of hydrogen-bond donors (Lipinski definition) is 1. The largest absolute Gasteiger partial charge is 0.308 e. The molecular weight excluding hydrogens is 70.1 g/mol. The van der Waals surface area contributed by atoms with E-state index in [1.54, 1.807) is 0 Å². The highest BCUT2D eigenvalue weighted by atomic mass is 32.1. The molecule has 0 bridgehead atoms. The van der Waals surface area contributed by atoms with Crippen molar-refractivity contribution in [2.75, 3.05) is 0 Å². The van der Waals surface area contributed by atoms with Crippen LogP contribution in [-0.4, -0.2) is 11.6 Å². The molecular formula is C2H3NS. The molecule has 1 nitrogen and oxygen atoms in total. The van der Waals surface area contributed by atoms with E-state index < -0.39 is 0 Å². The molecule has 0 aliphatic rings. The molecule has 0 aromatic carbocycles. The summed E-state index contributed by atoms with van der Waals surface area (Å²) in [5.41, 5.74) is 0. The van der Waals surface area contributed by atoms with Gasteiger partial charge in [0.05, 0.1) is 0 Å². The van der Waals surface area contributed by atoms with Crippen LogP contribution in [-0.2, 0) is 0 Å². The molecule has 2 heteroatoms. The Morgan fingerprint density at radius 3 is 2.00 bits per heavy atom. The minimum Gasteiger partial charge on any atom is -0.308 e. The van der Waals surface area contributed by atoms with E-state index in [2.05, 4.69) is 12.2 Å². The number of thiocarbonyl (C=S) groups is 1. The van der Waals surface area contributed by atoms with Crippen molar-refractivity contribution in [3.05, 3.63) is 0 Å². The Hall–Kier alpha value is -0.240. The first-order chi connectivity index (χ1) is 1.91. The summed E-state index contributed by atoms with van der Waals surface area (Å²) >= 11 is 4.19. The Labute approximate surface area is 30.1 Å². The molecule has 0 atom stereocenters. The quantitative estimate of drug-likeness (QED) is 0.357. The second-order valence-corrected chi connectivity index (χ2v) is 0.575. The summed E-state index contributed by atoms with van der Waals surface area (Å²) in [6, 6.07) is 0. The highest BCUT2D eigenvalue weighted by Crippen LogP contribution is 1.32. The predicted molar refractivity (Wildman–Crippen MR) is 22.4 cm³/mol. The topological polar surface area (TPSA) is 23.9 Å². The van der Waals surface area contributed by atoms with E-state index in [0.29, 0.717) is 0 Å². The van der Waals surface area contributed by atoms with Crippen LogP contribution in [0.1, 0.15) is 0 Å². The predicted octanol–water partition coefficient (Wildman–Crippen LogP) is 0.636. The molecule has 0 heterocycles. The summed E-state index contributed by atoms with van der Waals surface area (Å²) in [6.07, 6.45) is 1.06. The lowest BCUT2D eigenvalue weighted by atomic mass is 10.9. The average Bonchev–Trinajstić information content (AvgIpc) is 1.37. The van der Waals surface area contributed by atoms with Gasteiger partial charge in [-0.25, -0.2) is 0 Å². The maximum Gasteiger partial charge on any atom is 0.0285 e. The van der Waals surface area contributed by atoms with E-state index in [1.165, 1.54) is 5.37 Å². The number of rotatable bonds is 1. The zero-order valence-electron chi connectivity index (χ0n) is 2.06. The molecule has 0 radical (unpaired) electrons. The van der Waals surface area contributed by atoms with Gasteiger partial charge in [-0.05, 0) is 0 Å². The van der Waals surface area contributed by atoms with Gasteiger partial charge in [-0.3, -0.25) is 0 Å². The lowest BCUT2D eigenvalue weighted by molar-refractivity contribution is 1.60. The summed E-state index contributed by atoms with van der Waals surface area (Å²) in [5, 5.41) is 7.42. The van der Waals surface area contributed by atoms with Gasteiger partial charge < -0.3 is 5.41 Å². The highest BCUT2D eigenvalue weighted by Gasteiger charge is 1.35. The van der Waals surface area contributed by atoms with Crippen LogP contribution >= 0.6 is 12.2 Å². The zero-order chi connectivity index (χ0) is 3.41. The SMILES string of the molecule is N=CC=S. The molecule has 0 rings (SSSR count). The van der Waals surface area contributed by atoms with Crippen LogP contribution in [0.2, 0.25) is 0 Å². The van der Waals surface area contributed by atoms with E-state index in [0.717, 1.165) is 6.21 Å². The van der Waals surface area contributed by atoms with Crippen molar-refractivity contribution in [3.8, 4) is 0 Å². The third-order valence-corrected chi connectivity index (χ3v) is 0.204. The Balaban J connectivity index is 2.73. The van der Waals surface area contributed by atoms with Crippen molar-refractivity contribution >= 4 is 23.8 Å². The molecule has 1 N–H and O–H groups in total. The first kappa shape index (κ1) is 3.76. The van der Waals surface area contributed by atoms with Crippen LogP contribution in [0.25, 0.3) is 0 Å². The molecule has 0 saturated heterocycles. The van der Waals surface area contributed by atoms with Crippen molar-refractivity contribution in [2.45, 2.75) is 0 Å². The van der Waals surface area contributed by atoms with Gasteiger partial charge in [0.2, 0.25) is 0 Å². The summed E-state index contributed by atoms with van der Waals surface area (Å²) in [5.74, 6) is 0. The first-order valence-electron chi connectivity index (χ1n) is 0.858. The van der Waals surface area contributed by atoms with Crippen molar-refractivity contribution in [1.29, 1.82) is 5.41 Å². The summed E-state index contributed by atoms with van der Waals surface area (Å²) in [4.78, 5) is 0. The zero-order valence-corrected chi connectivity index (χ0v) is 2.88. The Morgan fingerprint density at radius 1 is 1.75 bits per heavy atom. The Bertz CT molecular complexity index is 27.0. The Morgan fingerprint density at radius 2 is 2.00 bits per heavy atom. The van der Waals surface area contributed by atoms with Crippen LogP contribution in [0, 0.1) is 5.41 Å². The molecule has 0 aromatic heterocycles. The summed E-state index contributed by atoms with van der Waals surface area (Å²) < 4.78 is 0. The lowest BCUT2D eigenvalue weighted by Crippen LogP contribution is -1.55. The minimum atomic E-state index is 1.06. The second-order valence-electron chi connectivity index (χ2n) is 0.303. The van der Waals surface area contributed by atoms with Gasteiger partial charge in [-0.2, -0.15) is 0 Å². The Kier molecular flexibility index (Phi) is 2.59. The van der Waals surface area contributed by atoms with Gasteiger partial charge in [-0.1, -0.05) is 12.2 Å². The highest BCUT2D eigenvalue weighted by molar-refractivity contribution is 7.80. The molecule has 0 fully saturated rings. The van der Waals surface area contributed by atoms with E-state index in [-0.39, 0.29) is 0 Å². The van der Waals surface area contributed by atoms with E-state index >= 15 is 0 Å². The smallest absolute Gasteiger partial charge is 0.0285 e. The van der Waals surface area contributed by atoms with E-state index in [1.807, 2.05) is 0 Å². The van der Waals surface area contributed by atoms with Crippen LogP contribution < -0.4 is 0 Å². The molecule has 0 unspecified atom stereocenters. The third kappa shape index (κ3) is 1.76.